The zero-order valence-corrected chi connectivity index (χ0v) is 13.7. The topological polar surface area (TPSA) is 84.5 Å². The molecule has 1 amide bonds. The van der Waals surface area contributed by atoms with Crippen molar-refractivity contribution in [1.29, 1.82) is 0 Å². The molecule has 0 saturated carbocycles. The predicted octanol–water partition coefficient (Wildman–Crippen LogP) is 1.38. The van der Waals surface area contributed by atoms with Crippen molar-refractivity contribution in [2.75, 3.05) is 14.2 Å². The number of benzene rings is 1. The lowest BCUT2D eigenvalue weighted by molar-refractivity contribution is 0.0960. The molecule has 2 N–H and O–H groups in total. The fraction of sp³-hybridized carbons (Fsp3) is 0.500. The van der Waals surface area contributed by atoms with E-state index in [4.69, 9.17) is 4.74 Å². The third kappa shape index (κ3) is 4.18. The minimum atomic E-state index is -3.68. The summed E-state index contributed by atoms with van der Waals surface area (Å²) in [6, 6.07) is 3.99. The standard InChI is InChI=1S/C14H22N2O4S/c1-9(2)10(3)16-21(18,19)11-6-7-13(20-5)12(8-11)14(17)15-4/h6-10,16H,1-5H3,(H,15,17)/t10-/m0/s1. The number of hydrogen-bond donors (Lipinski definition) is 2. The maximum atomic E-state index is 12.3. The van der Waals surface area contributed by atoms with E-state index in [0.29, 0.717) is 5.75 Å². The molecule has 0 spiro atoms. The van der Waals surface area contributed by atoms with Crippen LogP contribution in [-0.2, 0) is 10.0 Å². The molecule has 1 aromatic carbocycles. The van der Waals surface area contributed by atoms with Gasteiger partial charge >= 0.3 is 0 Å². The molecule has 6 nitrogen and oxygen atoms in total. The number of nitrogens with one attached hydrogen (secondary N) is 2. The molecule has 0 unspecified atom stereocenters. The second kappa shape index (κ2) is 6.91. The van der Waals surface area contributed by atoms with E-state index in [2.05, 4.69) is 10.0 Å². The maximum absolute atomic E-state index is 12.3. The van der Waals surface area contributed by atoms with Crippen molar-refractivity contribution in [1.82, 2.24) is 10.0 Å². The molecule has 0 bridgehead atoms. The third-order valence-electron chi connectivity index (χ3n) is 3.29. The molecular formula is C14H22N2O4S. The monoisotopic (exact) mass is 314 g/mol. The summed E-state index contributed by atoms with van der Waals surface area (Å²) >= 11 is 0. The van der Waals surface area contributed by atoms with E-state index in [1.807, 2.05) is 13.8 Å². The Balaban J connectivity index is 3.22. The van der Waals surface area contributed by atoms with Crippen LogP contribution in [0.4, 0.5) is 0 Å². The van der Waals surface area contributed by atoms with Gasteiger partial charge < -0.3 is 10.1 Å². The number of amides is 1. The van der Waals surface area contributed by atoms with Gasteiger partial charge in [0.2, 0.25) is 10.0 Å². The molecule has 118 valence electrons. The van der Waals surface area contributed by atoms with Gasteiger partial charge in [-0.3, -0.25) is 4.79 Å². The minimum absolute atomic E-state index is 0.0365. The van der Waals surface area contributed by atoms with Gasteiger partial charge in [-0.2, -0.15) is 0 Å². The molecule has 1 atom stereocenters. The van der Waals surface area contributed by atoms with Crippen LogP contribution in [0.5, 0.6) is 5.75 Å². The molecule has 0 aliphatic heterocycles. The van der Waals surface area contributed by atoms with Gasteiger partial charge in [0, 0.05) is 13.1 Å². The Hall–Kier alpha value is -1.60. The summed E-state index contributed by atoms with van der Waals surface area (Å²) in [5.74, 6) is 0.0856. The molecule has 0 fully saturated rings. The molecule has 1 rings (SSSR count). The SMILES string of the molecule is CNC(=O)c1cc(S(=O)(=O)N[C@@H](C)C(C)C)ccc1OC. The largest absolute Gasteiger partial charge is 0.496 e. The van der Waals surface area contributed by atoms with E-state index in [0.717, 1.165) is 0 Å². The normalized spacial score (nSPS) is 13.0. The van der Waals surface area contributed by atoms with Crippen molar-refractivity contribution in [2.24, 2.45) is 5.92 Å². The first-order valence-electron chi connectivity index (χ1n) is 6.65. The van der Waals surface area contributed by atoms with Crippen LogP contribution in [0.3, 0.4) is 0 Å². The summed E-state index contributed by atoms with van der Waals surface area (Å²) in [5, 5.41) is 2.46. The van der Waals surface area contributed by atoms with Gasteiger partial charge in [-0.25, -0.2) is 13.1 Å². The zero-order chi connectivity index (χ0) is 16.2. The Bertz CT molecular complexity index is 611. The van der Waals surface area contributed by atoms with Crippen LogP contribution in [0.2, 0.25) is 0 Å². The number of ether oxygens (including phenoxy) is 1. The van der Waals surface area contributed by atoms with E-state index >= 15 is 0 Å². The van der Waals surface area contributed by atoms with Crippen LogP contribution in [0.25, 0.3) is 0 Å². The fourth-order valence-corrected chi connectivity index (χ4v) is 3.03. The first-order chi connectivity index (χ1) is 9.72. The Morgan fingerprint density at radius 3 is 2.33 bits per heavy atom. The summed E-state index contributed by atoms with van der Waals surface area (Å²) in [5.41, 5.74) is 0.181. The Labute approximate surface area is 125 Å². The third-order valence-corrected chi connectivity index (χ3v) is 4.85. The summed E-state index contributed by atoms with van der Waals surface area (Å²) in [6.07, 6.45) is 0. The minimum Gasteiger partial charge on any atom is -0.496 e. The van der Waals surface area contributed by atoms with E-state index < -0.39 is 15.9 Å². The summed E-state index contributed by atoms with van der Waals surface area (Å²) in [7, 11) is -0.779. The van der Waals surface area contributed by atoms with Gasteiger partial charge in [0.25, 0.3) is 5.91 Å². The average molecular weight is 314 g/mol. The molecular weight excluding hydrogens is 292 g/mol. The molecule has 1 aromatic rings. The van der Waals surface area contributed by atoms with Crippen LogP contribution in [0.1, 0.15) is 31.1 Å². The second-order valence-corrected chi connectivity index (χ2v) is 6.81. The number of carbonyl (C=O) groups excluding carboxylic acids is 1. The number of hydrogen-bond acceptors (Lipinski definition) is 4. The molecule has 0 radical (unpaired) electrons. The van der Waals surface area contributed by atoms with Crippen molar-refractivity contribution < 1.29 is 17.9 Å². The Kier molecular flexibility index (Phi) is 5.74. The summed E-state index contributed by atoms with van der Waals surface area (Å²) < 4.78 is 32.3. The van der Waals surface area contributed by atoms with Crippen molar-refractivity contribution >= 4 is 15.9 Å². The summed E-state index contributed by atoms with van der Waals surface area (Å²) in [6.45, 7) is 5.65. The van der Waals surface area contributed by atoms with Gasteiger partial charge in [-0.1, -0.05) is 13.8 Å². The van der Waals surface area contributed by atoms with Gasteiger partial charge in [-0.05, 0) is 31.0 Å². The fourth-order valence-electron chi connectivity index (χ4n) is 1.62. The molecule has 0 aliphatic carbocycles. The van der Waals surface area contributed by atoms with Gasteiger partial charge in [-0.15, -0.1) is 0 Å². The van der Waals surface area contributed by atoms with E-state index in [-0.39, 0.29) is 22.4 Å². The maximum Gasteiger partial charge on any atom is 0.254 e. The second-order valence-electron chi connectivity index (χ2n) is 5.10. The van der Waals surface area contributed by atoms with Crippen LogP contribution in [0.15, 0.2) is 23.1 Å². The van der Waals surface area contributed by atoms with Crippen LogP contribution < -0.4 is 14.8 Å². The van der Waals surface area contributed by atoms with Crippen LogP contribution >= 0.6 is 0 Å². The van der Waals surface area contributed by atoms with Crippen molar-refractivity contribution in [3.8, 4) is 5.75 Å². The lowest BCUT2D eigenvalue weighted by atomic mass is 10.1. The predicted molar refractivity (Wildman–Crippen MR) is 81.0 cm³/mol. The lowest BCUT2D eigenvalue weighted by Crippen LogP contribution is -2.36. The molecule has 7 heteroatoms. The highest BCUT2D eigenvalue weighted by Crippen LogP contribution is 2.22. The smallest absolute Gasteiger partial charge is 0.254 e. The van der Waals surface area contributed by atoms with Crippen molar-refractivity contribution in [3.05, 3.63) is 23.8 Å². The summed E-state index contributed by atoms with van der Waals surface area (Å²) in [4.78, 5) is 11.8. The molecule has 0 saturated heterocycles. The number of sulfonamides is 1. The molecule has 0 aliphatic rings. The highest BCUT2D eigenvalue weighted by Gasteiger charge is 2.22. The number of rotatable bonds is 6. The van der Waals surface area contributed by atoms with Crippen LogP contribution in [0, 0.1) is 5.92 Å². The molecule has 0 heterocycles. The van der Waals surface area contributed by atoms with Gasteiger partial charge in [0.15, 0.2) is 0 Å². The highest BCUT2D eigenvalue weighted by atomic mass is 32.2. The van der Waals surface area contributed by atoms with E-state index in [1.54, 1.807) is 6.92 Å². The Morgan fingerprint density at radius 2 is 1.86 bits per heavy atom. The zero-order valence-electron chi connectivity index (χ0n) is 12.9. The van der Waals surface area contributed by atoms with Crippen molar-refractivity contribution in [2.45, 2.75) is 31.7 Å². The molecule has 21 heavy (non-hydrogen) atoms. The van der Waals surface area contributed by atoms with E-state index in [9.17, 15) is 13.2 Å². The van der Waals surface area contributed by atoms with Gasteiger partial charge in [0.05, 0.1) is 17.6 Å². The first-order valence-corrected chi connectivity index (χ1v) is 8.13. The lowest BCUT2D eigenvalue weighted by Gasteiger charge is -2.18. The van der Waals surface area contributed by atoms with E-state index in [1.165, 1.54) is 32.4 Å². The van der Waals surface area contributed by atoms with Crippen molar-refractivity contribution in [3.63, 3.8) is 0 Å². The first kappa shape index (κ1) is 17.5. The molecule has 0 aromatic heterocycles. The van der Waals surface area contributed by atoms with Gasteiger partial charge in [0.1, 0.15) is 5.75 Å². The highest BCUT2D eigenvalue weighted by molar-refractivity contribution is 7.89. The Morgan fingerprint density at radius 1 is 1.24 bits per heavy atom. The number of carbonyl (C=O) groups is 1. The van der Waals surface area contributed by atoms with Crippen LogP contribution in [-0.4, -0.2) is 34.5 Å². The average Bonchev–Trinajstić information content (AvgIpc) is 2.45. The number of methoxy groups -OCH3 is 1. The quantitative estimate of drug-likeness (QED) is 0.831.